The molecule has 0 rings (SSSR count). The van der Waals surface area contributed by atoms with Gasteiger partial charge in [-0.2, -0.15) is 0 Å². The van der Waals surface area contributed by atoms with Crippen LogP contribution in [0.4, 0.5) is 0 Å². The second-order valence-electron chi connectivity index (χ2n) is 3.63. The fourth-order valence-electron chi connectivity index (χ4n) is 1.16. The Hall–Kier alpha value is 0.380. The van der Waals surface area contributed by atoms with E-state index in [1.54, 1.807) is 0 Å². The summed E-state index contributed by atoms with van der Waals surface area (Å²) in [4.78, 5) is 0. The summed E-state index contributed by atoms with van der Waals surface area (Å²) in [6.07, 6.45) is 1.37. The molecule has 2 unspecified atom stereocenters. The molecule has 15 heavy (non-hydrogen) atoms. The van der Waals surface area contributed by atoms with Crippen LogP contribution >= 0.6 is 15.9 Å². The predicted octanol–water partition coefficient (Wildman–Crippen LogP) is 3.04. The minimum atomic E-state index is -3.27. The molecule has 4 nitrogen and oxygen atoms in total. The molecule has 6 heteroatoms. The highest BCUT2D eigenvalue weighted by molar-refractivity contribution is 7.38. The third-order valence-electron chi connectivity index (χ3n) is 2.61. The lowest BCUT2D eigenvalue weighted by molar-refractivity contribution is 0.0794. The van der Waals surface area contributed by atoms with Crippen molar-refractivity contribution in [3.63, 3.8) is 0 Å². The van der Waals surface area contributed by atoms with E-state index >= 15 is 0 Å². The van der Waals surface area contributed by atoms with Gasteiger partial charge < -0.3 is 9.05 Å². The van der Waals surface area contributed by atoms with Crippen LogP contribution in [0.25, 0.3) is 0 Å². The molecule has 0 aliphatic rings. The van der Waals surface area contributed by atoms with E-state index in [2.05, 4.69) is 0 Å². The molecule has 0 radical (unpaired) electrons. The first kappa shape index (κ1) is 11.9. The molecule has 0 amide bonds. The lowest BCUT2D eigenvalue weighted by atomic mass is 9.84. The van der Waals surface area contributed by atoms with Crippen molar-refractivity contribution in [1.82, 2.24) is 0 Å². The van der Waals surface area contributed by atoms with Gasteiger partial charge in [0.05, 0.1) is 13.2 Å². The Balaban J connectivity index is 4.56. The number of hydrogen-bond acceptors (Lipinski definition) is 4. The van der Waals surface area contributed by atoms with Crippen LogP contribution in [-0.2, 0) is 18.2 Å². The summed E-state index contributed by atoms with van der Waals surface area (Å²) < 4.78 is 46.9. The fraction of sp³-hybridized carbons (Fsp3) is 1.00. The first-order valence-corrected chi connectivity index (χ1v) is 8.28. The van der Waals surface area contributed by atoms with Crippen molar-refractivity contribution < 1.29 is 18.2 Å². The summed E-state index contributed by atoms with van der Waals surface area (Å²) in [6.45, 7) is 6.56. The molecule has 0 bridgehead atoms. The Morgan fingerprint density at radius 1 is 1.07 bits per heavy atom. The lowest BCUT2D eigenvalue weighted by Crippen LogP contribution is -2.29. The van der Waals surface area contributed by atoms with Gasteiger partial charge in [0.2, 0.25) is 0 Å². The SMILES string of the molecule is [3H]P(C)(=O)OCC(CC)(CC)COP([3H])(C)=O. The highest BCUT2D eigenvalue weighted by Crippen LogP contribution is 2.33. The van der Waals surface area contributed by atoms with Crippen LogP contribution in [0, 0.1) is 5.41 Å². The van der Waals surface area contributed by atoms with Gasteiger partial charge in [0.15, 0.2) is 15.9 Å². The predicted molar refractivity (Wildman–Crippen MR) is 64.8 cm³/mol. The maximum Gasteiger partial charge on any atom is 0.188 e. The maximum atomic E-state index is 11.2. The third kappa shape index (κ3) is 6.52. The van der Waals surface area contributed by atoms with Crippen molar-refractivity contribution >= 4 is 15.9 Å². The minimum absolute atomic E-state index is 0.122. The maximum absolute atomic E-state index is 11.2. The molecule has 0 spiro atoms. The summed E-state index contributed by atoms with van der Waals surface area (Å²) in [5.41, 5.74) is -0.431. The molecule has 0 heterocycles. The van der Waals surface area contributed by atoms with Crippen LogP contribution in [0.15, 0.2) is 0 Å². The average molecular weight is 260 g/mol. The van der Waals surface area contributed by atoms with Gasteiger partial charge in [0.1, 0.15) is 2.56 Å². The number of rotatable bonds is 8. The normalized spacial score (nSPS) is 22.4. The Morgan fingerprint density at radius 2 is 1.40 bits per heavy atom. The van der Waals surface area contributed by atoms with Crippen LogP contribution in [0.3, 0.4) is 0 Å². The molecular formula is C9H22O4P2. The van der Waals surface area contributed by atoms with E-state index in [0.717, 1.165) is 0 Å². The van der Waals surface area contributed by atoms with Gasteiger partial charge in [-0.15, -0.1) is 0 Å². The quantitative estimate of drug-likeness (QED) is 0.629. The molecule has 2 atom stereocenters. The summed E-state index contributed by atoms with van der Waals surface area (Å²) >= 11 is 0. The lowest BCUT2D eigenvalue weighted by Gasteiger charge is -2.30. The molecule has 0 N–H and O–H groups in total. The first-order chi connectivity index (χ1) is 7.54. The van der Waals surface area contributed by atoms with Crippen molar-refractivity contribution in [3.8, 4) is 0 Å². The number of hydrogen-bond donors (Lipinski definition) is 0. The molecule has 0 saturated carbocycles. The van der Waals surface area contributed by atoms with Gasteiger partial charge in [-0.25, -0.2) is 0 Å². The Kier molecular flexibility index (Phi) is 6.02. The zero-order valence-electron chi connectivity index (χ0n) is 11.9. The third-order valence-corrected chi connectivity index (χ3v) is 3.59. The van der Waals surface area contributed by atoms with E-state index < -0.39 is 21.4 Å². The van der Waals surface area contributed by atoms with Crippen LogP contribution < -0.4 is 0 Å². The minimum Gasteiger partial charge on any atom is -0.330 e. The van der Waals surface area contributed by atoms with E-state index in [-0.39, 0.29) is 13.2 Å². The molecule has 0 fully saturated rings. The van der Waals surface area contributed by atoms with E-state index in [0.29, 0.717) is 12.8 Å². The fourth-order valence-corrected chi connectivity index (χ4v) is 2.07. The summed E-state index contributed by atoms with van der Waals surface area (Å²) in [6, 6.07) is 0. The smallest absolute Gasteiger partial charge is 0.188 e. The summed E-state index contributed by atoms with van der Waals surface area (Å²) in [5, 5.41) is 0. The first-order valence-electron chi connectivity index (χ1n) is 5.92. The molecule has 0 aliphatic heterocycles. The van der Waals surface area contributed by atoms with Crippen molar-refractivity contribution in [1.29, 1.82) is 2.56 Å². The van der Waals surface area contributed by atoms with Crippen molar-refractivity contribution in [2.45, 2.75) is 26.7 Å². The van der Waals surface area contributed by atoms with Crippen molar-refractivity contribution in [2.24, 2.45) is 5.41 Å². The van der Waals surface area contributed by atoms with E-state index in [1.165, 1.54) is 13.3 Å². The standard InChI is InChI=1S/C9H22O4P2/c1-5-9(6-2,7-12-14(3)10)8-13-15(4)11/h14-15H,5-8H2,1-4H3/i14T,15T. The molecule has 0 saturated heterocycles. The Bertz CT molecular complexity index is 291. The Labute approximate surface area is 96.0 Å². The highest BCUT2D eigenvalue weighted by Gasteiger charge is 2.27. The van der Waals surface area contributed by atoms with Gasteiger partial charge in [-0.05, 0) is 12.8 Å². The highest BCUT2D eigenvalue weighted by atomic mass is 31.1. The van der Waals surface area contributed by atoms with Crippen LogP contribution in [-0.4, -0.2) is 29.1 Å². The monoisotopic (exact) mass is 260 g/mol. The molecular weight excluding hydrogens is 234 g/mol. The largest absolute Gasteiger partial charge is 0.330 e. The van der Waals surface area contributed by atoms with Crippen LogP contribution in [0.2, 0.25) is 0 Å². The van der Waals surface area contributed by atoms with Gasteiger partial charge >= 0.3 is 0 Å². The zero-order valence-corrected chi connectivity index (χ0v) is 11.6. The van der Waals surface area contributed by atoms with Crippen LogP contribution in [0.5, 0.6) is 0 Å². The molecule has 0 aromatic rings. The van der Waals surface area contributed by atoms with Gasteiger partial charge in [0, 0.05) is 18.7 Å². The van der Waals surface area contributed by atoms with E-state index in [9.17, 15) is 9.13 Å². The van der Waals surface area contributed by atoms with Gasteiger partial charge in [0.25, 0.3) is 0 Å². The Morgan fingerprint density at radius 3 is 1.60 bits per heavy atom. The van der Waals surface area contributed by atoms with E-state index in [1.807, 2.05) is 13.8 Å². The molecule has 92 valence electrons. The summed E-state index contributed by atoms with van der Waals surface area (Å²) in [7, 11) is -6.55. The van der Waals surface area contributed by atoms with Gasteiger partial charge in [-0.3, -0.25) is 9.13 Å². The van der Waals surface area contributed by atoms with E-state index in [4.69, 9.17) is 11.6 Å². The topological polar surface area (TPSA) is 52.6 Å². The second kappa shape index (κ2) is 7.62. The van der Waals surface area contributed by atoms with Crippen LogP contribution in [0.1, 0.15) is 26.7 Å². The van der Waals surface area contributed by atoms with Crippen molar-refractivity contribution in [2.75, 3.05) is 26.5 Å². The van der Waals surface area contributed by atoms with Crippen molar-refractivity contribution in [3.05, 3.63) is 0 Å². The summed E-state index contributed by atoms with van der Waals surface area (Å²) in [5.74, 6) is 0. The molecule has 0 aromatic carbocycles. The molecule has 0 aromatic heterocycles. The van der Waals surface area contributed by atoms with Gasteiger partial charge in [-0.1, -0.05) is 13.8 Å². The second-order valence-corrected chi connectivity index (χ2v) is 5.91. The average Bonchev–Trinajstić information content (AvgIpc) is 2.16. The molecule has 0 aliphatic carbocycles. The zero-order chi connectivity index (χ0) is 13.7.